The zero-order chi connectivity index (χ0) is 12.5. The molecule has 0 unspecified atom stereocenters. The summed E-state index contributed by atoms with van der Waals surface area (Å²) >= 11 is 0. The second-order valence-corrected chi connectivity index (χ2v) is 4.87. The van der Waals surface area contributed by atoms with Crippen LogP contribution in [0.2, 0.25) is 0 Å². The van der Waals surface area contributed by atoms with Crippen molar-refractivity contribution in [2.45, 2.75) is 39.5 Å². The molecule has 0 fully saturated rings. The Labute approximate surface area is 95.1 Å². The molecule has 0 saturated carbocycles. The number of rotatable bonds is 3. The number of aryl methyl sites for hydroxylation is 2. The molecule has 0 aliphatic heterocycles. The molecular formula is C13H17FO2. The molecule has 0 amide bonds. The Morgan fingerprint density at radius 3 is 2.12 bits per heavy atom. The van der Waals surface area contributed by atoms with Gasteiger partial charge in [0.1, 0.15) is 5.82 Å². The SMILES string of the molecule is Cc1cc(F)cc(C)c1C(C)(C)CC(=O)O. The first-order valence-electron chi connectivity index (χ1n) is 5.23. The molecule has 88 valence electrons. The van der Waals surface area contributed by atoms with E-state index in [0.717, 1.165) is 16.7 Å². The van der Waals surface area contributed by atoms with Gasteiger partial charge in [0.25, 0.3) is 0 Å². The third-order valence-corrected chi connectivity index (χ3v) is 2.77. The minimum absolute atomic E-state index is 0.0420. The number of hydrogen-bond donors (Lipinski definition) is 1. The third-order valence-electron chi connectivity index (χ3n) is 2.77. The average molecular weight is 224 g/mol. The number of carbonyl (C=O) groups is 1. The number of carboxylic acids is 1. The lowest BCUT2D eigenvalue weighted by atomic mass is 9.77. The first-order valence-corrected chi connectivity index (χ1v) is 5.23. The Balaban J connectivity index is 3.27. The summed E-state index contributed by atoms with van der Waals surface area (Å²) in [5, 5.41) is 8.87. The second kappa shape index (κ2) is 4.24. The molecule has 0 aliphatic carbocycles. The molecule has 0 aromatic heterocycles. The summed E-state index contributed by atoms with van der Waals surface area (Å²) in [4.78, 5) is 10.8. The van der Waals surface area contributed by atoms with Gasteiger partial charge >= 0.3 is 5.97 Å². The van der Waals surface area contributed by atoms with E-state index < -0.39 is 11.4 Å². The topological polar surface area (TPSA) is 37.3 Å². The molecule has 0 radical (unpaired) electrons. The van der Waals surface area contributed by atoms with E-state index in [2.05, 4.69) is 0 Å². The molecule has 0 atom stereocenters. The van der Waals surface area contributed by atoms with Crippen LogP contribution in [0.4, 0.5) is 4.39 Å². The summed E-state index contributed by atoms with van der Waals surface area (Å²) in [6.45, 7) is 7.37. The van der Waals surface area contributed by atoms with Crippen molar-refractivity contribution in [3.8, 4) is 0 Å². The lowest BCUT2D eigenvalue weighted by Crippen LogP contribution is -2.24. The smallest absolute Gasteiger partial charge is 0.304 e. The zero-order valence-electron chi connectivity index (χ0n) is 10.1. The summed E-state index contributed by atoms with van der Waals surface area (Å²) in [6.07, 6.45) is 0.0420. The molecule has 1 aromatic rings. The van der Waals surface area contributed by atoms with Gasteiger partial charge in [0, 0.05) is 5.41 Å². The van der Waals surface area contributed by atoms with E-state index in [1.54, 1.807) is 0 Å². The van der Waals surface area contributed by atoms with Crippen molar-refractivity contribution in [2.24, 2.45) is 0 Å². The Kier molecular flexibility index (Phi) is 3.36. The van der Waals surface area contributed by atoms with Gasteiger partial charge in [0.15, 0.2) is 0 Å². The van der Waals surface area contributed by atoms with Crippen molar-refractivity contribution < 1.29 is 14.3 Å². The van der Waals surface area contributed by atoms with Gasteiger partial charge in [-0.3, -0.25) is 4.79 Å². The van der Waals surface area contributed by atoms with Gasteiger partial charge in [0.2, 0.25) is 0 Å². The Morgan fingerprint density at radius 2 is 1.75 bits per heavy atom. The van der Waals surface area contributed by atoms with E-state index >= 15 is 0 Å². The van der Waals surface area contributed by atoms with Crippen molar-refractivity contribution in [3.05, 3.63) is 34.6 Å². The predicted molar refractivity (Wildman–Crippen MR) is 61.2 cm³/mol. The number of carboxylic acid groups (broad SMARTS) is 1. The number of aliphatic carboxylic acids is 1. The Bertz CT molecular complexity index is 399. The fourth-order valence-corrected chi connectivity index (χ4v) is 2.44. The molecule has 0 heterocycles. The number of halogens is 1. The minimum atomic E-state index is -0.840. The van der Waals surface area contributed by atoms with Crippen LogP contribution in [0, 0.1) is 19.7 Å². The van der Waals surface area contributed by atoms with Gasteiger partial charge in [-0.05, 0) is 42.7 Å². The minimum Gasteiger partial charge on any atom is -0.481 e. The van der Waals surface area contributed by atoms with E-state index in [4.69, 9.17) is 5.11 Å². The zero-order valence-corrected chi connectivity index (χ0v) is 10.1. The van der Waals surface area contributed by atoms with Gasteiger partial charge in [-0.15, -0.1) is 0 Å². The number of benzene rings is 1. The Morgan fingerprint density at radius 1 is 1.31 bits per heavy atom. The highest BCUT2D eigenvalue weighted by Crippen LogP contribution is 2.32. The molecule has 0 bridgehead atoms. The third kappa shape index (κ3) is 2.60. The van der Waals surface area contributed by atoms with Crippen LogP contribution < -0.4 is 0 Å². The standard InChI is InChI=1S/C13H17FO2/c1-8-5-10(14)6-9(2)12(8)13(3,4)7-11(15)16/h5-6H,7H2,1-4H3,(H,15,16). The van der Waals surface area contributed by atoms with Crippen molar-refractivity contribution in [1.29, 1.82) is 0 Å². The van der Waals surface area contributed by atoms with E-state index in [9.17, 15) is 9.18 Å². The first kappa shape index (κ1) is 12.7. The molecule has 1 aromatic carbocycles. The van der Waals surface area contributed by atoms with Crippen molar-refractivity contribution in [3.63, 3.8) is 0 Å². The average Bonchev–Trinajstić information content (AvgIpc) is 1.96. The molecule has 0 spiro atoms. The molecule has 1 N–H and O–H groups in total. The maximum atomic E-state index is 13.1. The van der Waals surface area contributed by atoms with Crippen LogP contribution in [0.25, 0.3) is 0 Å². The highest BCUT2D eigenvalue weighted by Gasteiger charge is 2.27. The molecule has 0 aliphatic rings. The van der Waals surface area contributed by atoms with Crippen LogP contribution >= 0.6 is 0 Å². The largest absolute Gasteiger partial charge is 0.481 e. The van der Waals surface area contributed by atoms with Crippen molar-refractivity contribution in [2.75, 3.05) is 0 Å². The van der Waals surface area contributed by atoms with E-state index in [1.807, 2.05) is 27.7 Å². The molecule has 0 saturated heterocycles. The number of hydrogen-bond acceptors (Lipinski definition) is 1. The molecular weight excluding hydrogens is 207 g/mol. The Hall–Kier alpha value is -1.38. The van der Waals surface area contributed by atoms with Crippen LogP contribution in [0.1, 0.15) is 37.0 Å². The highest BCUT2D eigenvalue weighted by atomic mass is 19.1. The van der Waals surface area contributed by atoms with Crippen LogP contribution in [0.3, 0.4) is 0 Å². The second-order valence-electron chi connectivity index (χ2n) is 4.87. The van der Waals surface area contributed by atoms with Gasteiger partial charge in [-0.2, -0.15) is 0 Å². The molecule has 16 heavy (non-hydrogen) atoms. The fourth-order valence-electron chi connectivity index (χ4n) is 2.44. The summed E-state index contributed by atoms with van der Waals surface area (Å²) in [6, 6.07) is 2.90. The van der Waals surface area contributed by atoms with Gasteiger partial charge in [0.05, 0.1) is 6.42 Å². The van der Waals surface area contributed by atoms with Crippen molar-refractivity contribution in [1.82, 2.24) is 0 Å². The lowest BCUT2D eigenvalue weighted by Gasteiger charge is -2.27. The van der Waals surface area contributed by atoms with Crippen LogP contribution in [0.15, 0.2) is 12.1 Å². The van der Waals surface area contributed by atoms with Crippen LogP contribution in [0.5, 0.6) is 0 Å². The molecule has 3 heteroatoms. The maximum absolute atomic E-state index is 13.1. The van der Waals surface area contributed by atoms with Crippen LogP contribution in [-0.2, 0) is 10.2 Å². The van der Waals surface area contributed by atoms with Gasteiger partial charge < -0.3 is 5.11 Å². The lowest BCUT2D eigenvalue weighted by molar-refractivity contribution is -0.138. The first-order chi connectivity index (χ1) is 7.24. The van der Waals surface area contributed by atoms with E-state index in [-0.39, 0.29) is 12.2 Å². The predicted octanol–water partition coefficient (Wildman–Crippen LogP) is 3.19. The quantitative estimate of drug-likeness (QED) is 0.856. The summed E-state index contributed by atoms with van der Waals surface area (Å²) in [7, 11) is 0. The van der Waals surface area contributed by atoms with Gasteiger partial charge in [-0.25, -0.2) is 4.39 Å². The normalized spacial score (nSPS) is 11.6. The summed E-state index contributed by atoms with van der Waals surface area (Å²) in [5.41, 5.74) is 2.07. The van der Waals surface area contributed by atoms with E-state index in [0.29, 0.717) is 0 Å². The monoisotopic (exact) mass is 224 g/mol. The summed E-state index contributed by atoms with van der Waals surface area (Å²) < 4.78 is 13.1. The van der Waals surface area contributed by atoms with Gasteiger partial charge in [-0.1, -0.05) is 13.8 Å². The molecule has 2 nitrogen and oxygen atoms in total. The van der Waals surface area contributed by atoms with E-state index in [1.165, 1.54) is 12.1 Å². The van der Waals surface area contributed by atoms with Crippen molar-refractivity contribution >= 4 is 5.97 Å². The highest BCUT2D eigenvalue weighted by molar-refractivity contribution is 5.69. The molecule has 1 rings (SSSR count). The summed E-state index contributed by atoms with van der Waals surface area (Å²) in [5.74, 6) is -1.11. The maximum Gasteiger partial charge on any atom is 0.304 e. The fraction of sp³-hybridized carbons (Fsp3) is 0.462. The van der Waals surface area contributed by atoms with Crippen LogP contribution in [-0.4, -0.2) is 11.1 Å².